The van der Waals surface area contributed by atoms with Crippen LogP contribution in [-0.2, 0) is 16.9 Å². The number of rotatable bonds is 7. The number of anilines is 1. The summed E-state index contributed by atoms with van der Waals surface area (Å²) in [6, 6.07) is 18.8. The Bertz CT molecular complexity index is 1290. The number of amides is 2. The molecule has 0 spiro atoms. The summed E-state index contributed by atoms with van der Waals surface area (Å²) < 4.78 is 0. The molecular formula is C28H31N7O2. The monoisotopic (exact) mass is 497 g/mol. The van der Waals surface area contributed by atoms with E-state index in [0.29, 0.717) is 44.1 Å². The molecule has 3 aromatic rings. The maximum atomic E-state index is 13.7. The number of benzene rings is 2. The van der Waals surface area contributed by atoms with Gasteiger partial charge in [0.05, 0.1) is 6.54 Å². The molecule has 0 saturated carbocycles. The molecule has 9 heteroatoms. The quantitative estimate of drug-likeness (QED) is 0.538. The second kappa shape index (κ2) is 10.4. The van der Waals surface area contributed by atoms with Crippen LogP contribution < -0.4 is 10.6 Å². The van der Waals surface area contributed by atoms with E-state index in [4.69, 9.17) is 5.73 Å². The fourth-order valence-electron chi connectivity index (χ4n) is 5.09. The first-order valence-electron chi connectivity index (χ1n) is 12.6. The van der Waals surface area contributed by atoms with Crippen LogP contribution in [0.25, 0.3) is 0 Å². The molecule has 1 aromatic heterocycles. The maximum absolute atomic E-state index is 13.7. The molecule has 37 heavy (non-hydrogen) atoms. The first-order chi connectivity index (χ1) is 18.0. The summed E-state index contributed by atoms with van der Waals surface area (Å²) in [5, 5.41) is 0. The minimum Gasteiger partial charge on any atom is -0.369 e. The molecule has 2 aromatic carbocycles. The van der Waals surface area contributed by atoms with Gasteiger partial charge >= 0.3 is 0 Å². The Hall–Kier alpha value is -4.27. The number of nitrogens with two attached hydrogens (primary N) is 1. The van der Waals surface area contributed by atoms with Crippen LogP contribution in [0.2, 0.25) is 0 Å². The highest BCUT2D eigenvalue weighted by molar-refractivity contribution is 6.07. The second-order valence-corrected chi connectivity index (χ2v) is 9.37. The van der Waals surface area contributed by atoms with Gasteiger partial charge in [0.1, 0.15) is 0 Å². The number of carbonyl (C=O) groups is 2. The highest BCUT2D eigenvalue weighted by atomic mass is 16.2. The Kier molecular flexibility index (Phi) is 6.85. The third kappa shape index (κ3) is 4.76. The van der Waals surface area contributed by atoms with Crippen molar-refractivity contribution in [3.8, 4) is 0 Å². The lowest BCUT2D eigenvalue weighted by Crippen LogP contribution is -2.49. The summed E-state index contributed by atoms with van der Waals surface area (Å²) >= 11 is 0. The minimum absolute atomic E-state index is 0.0329. The van der Waals surface area contributed by atoms with Crippen molar-refractivity contribution >= 4 is 23.7 Å². The number of nitrogens with zero attached hydrogens (tertiary/aromatic N) is 6. The van der Waals surface area contributed by atoms with Crippen molar-refractivity contribution in [1.82, 2.24) is 19.8 Å². The SMILES string of the molecule is CCCC1(c2ccccc2)N=C(N)N(Cc2cccc(C(=O)N3CCN(c4ncccn4)CC3)c2)C1=O. The third-order valence-electron chi connectivity index (χ3n) is 6.96. The molecule has 3 heterocycles. The Morgan fingerprint density at radius 1 is 0.973 bits per heavy atom. The van der Waals surface area contributed by atoms with E-state index in [1.54, 1.807) is 18.5 Å². The highest BCUT2D eigenvalue weighted by Gasteiger charge is 2.48. The molecule has 1 unspecified atom stereocenters. The molecule has 2 N–H and O–H groups in total. The number of hydrogen-bond acceptors (Lipinski definition) is 7. The lowest BCUT2D eigenvalue weighted by atomic mass is 9.85. The zero-order valence-electron chi connectivity index (χ0n) is 21.0. The van der Waals surface area contributed by atoms with Gasteiger partial charge in [-0.1, -0.05) is 55.8 Å². The van der Waals surface area contributed by atoms with Crippen molar-refractivity contribution in [2.45, 2.75) is 31.8 Å². The van der Waals surface area contributed by atoms with Gasteiger partial charge in [0, 0.05) is 44.1 Å². The van der Waals surface area contributed by atoms with Crippen LogP contribution in [0.3, 0.4) is 0 Å². The normalized spacial score (nSPS) is 19.8. The molecule has 1 saturated heterocycles. The molecule has 0 bridgehead atoms. The van der Waals surface area contributed by atoms with Gasteiger partial charge in [-0.15, -0.1) is 0 Å². The molecule has 0 aliphatic carbocycles. The highest BCUT2D eigenvalue weighted by Crippen LogP contribution is 2.37. The van der Waals surface area contributed by atoms with Crippen LogP contribution in [0.4, 0.5) is 5.95 Å². The van der Waals surface area contributed by atoms with Crippen molar-refractivity contribution in [2.75, 3.05) is 31.1 Å². The molecule has 5 rings (SSSR count). The molecule has 2 aliphatic rings. The number of carbonyl (C=O) groups excluding carboxylic acids is 2. The molecule has 1 fully saturated rings. The smallest absolute Gasteiger partial charge is 0.262 e. The predicted molar refractivity (Wildman–Crippen MR) is 142 cm³/mol. The number of aliphatic imine (C=N–C) groups is 1. The van der Waals surface area contributed by atoms with Gasteiger partial charge in [0.15, 0.2) is 11.5 Å². The Morgan fingerprint density at radius 2 is 1.70 bits per heavy atom. The fourth-order valence-corrected chi connectivity index (χ4v) is 5.09. The van der Waals surface area contributed by atoms with E-state index in [9.17, 15) is 9.59 Å². The van der Waals surface area contributed by atoms with Crippen LogP contribution in [0.1, 0.15) is 41.3 Å². The summed E-state index contributed by atoms with van der Waals surface area (Å²) in [5.41, 5.74) is 7.56. The van der Waals surface area contributed by atoms with Crippen molar-refractivity contribution < 1.29 is 9.59 Å². The van der Waals surface area contributed by atoms with E-state index >= 15 is 0 Å². The zero-order chi connectivity index (χ0) is 25.8. The van der Waals surface area contributed by atoms with Gasteiger partial charge in [-0.05, 0) is 35.7 Å². The summed E-state index contributed by atoms with van der Waals surface area (Å²) in [6.45, 7) is 4.80. The first-order valence-corrected chi connectivity index (χ1v) is 12.6. The lowest BCUT2D eigenvalue weighted by Gasteiger charge is -2.34. The van der Waals surface area contributed by atoms with E-state index in [-0.39, 0.29) is 24.3 Å². The average Bonchev–Trinajstić information content (AvgIpc) is 3.19. The Morgan fingerprint density at radius 3 is 2.41 bits per heavy atom. The van der Waals surface area contributed by atoms with E-state index in [1.807, 2.05) is 66.4 Å². The average molecular weight is 498 g/mol. The predicted octanol–water partition coefficient (Wildman–Crippen LogP) is 2.79. The Labute approximate surface area is 216 Å². The van der Waals surface area contributed by atoms with Gasteiger partial charge in [-0.2, -0.15) is 0 Å². The number of aromatic nitrogens is 2. The van der Waals surface area contributed by atoms with E-state index in [1.165, 1.54) is 4.90 Å². The van der Waals surface area contributed by atoms with Crippen molar-refractivity contribution in [3.05, 3.63) is 89.7 Å². The van der Waals surface area contributed by atoms with E-state index < -0.39 is 5.54 Å². The van der Waals surface area contributed by atoms with Gasteiger partial charge in [-0.25, -0.2) is 15.0 Å². The van der Waals surface area contributed by atoms with Crippen molar-refractivity contribution in [1.29, 1.82) is 0 Å². The minimum atomic E-state index is -1.00. The third-order valence-corrected chi connectivity index (χ3v) is 6.96. The van der Waals surface area contributed by atoms with Crippen LogP contribution >= 0.6 is 0 Å². The summed E-state index contributed by atoms with van der Waals surface area (Å²) in [5.74, 6) is 0.725. The van der Waals surface area contributed by atoms with Crippen molar-refractivity contribution in [3.63, 3.8) is 0 Å². The number of piperazine rings is 1. The molecule has 0 radical (unpaired) electrons. The van der Waals surface area contributed by atoms with Gasteiger partial charge in [-0.3, -0.25) is 14.5 Å². The summed E-state index contributed by atoms with van der Waals surface area (Å²) in [7, 11) is 0. The fraction of sp³-hybridized carbons (Fsp3) is 0.321. The van der Waals surface area contributed by atoms with Crippen LogP contribution in [0, 0.1) is 0 Å². The molecule has 2 aliphatic heterocycles. The maximum Gasteiger partial charge on any atom is 0.262 e. The zero-order valence-corrected chi connectivity index (χ0v) is 21.0. The largest absolute Gasteiger partial charge is 0.369 e. The van der Waals surface area contributed by atoms with Gasteiger partial charge in [0.25, 0.3) is 11.8 Å². The Balaban J connectivity index is 1.29. The number of guanidine groups is 1. The van der Waals surface area contributed by atoms with Gasteiger partial charge < -0.3 is 15.5 Å². The van der Waals surface area contributed by atoms with E-state index in [2.05, 4.69) is 19.9 Å². The topological polar surface area (TPSA) is 108 Å². The molecule has 190 valence electrons. The number of hydrogen-bond donors (Lipinski definition) is 1. The molecular weight excluding hydrogens is 466 g/mol. The van der Waals surface area contributed by atoms with Crippen molar-refractivity contribution in [2.24, 2.45) is 10.7 Å². The van der Waals surface area contributed by atoms with Crippen LogP contribution in [-0.4, -0.2) is 63.7 Å². The van der Waals surface area contributed by atoms with E-state index in [0.717, 1.165) is 17.5 Å². The van der Waals surface area contributed by atoms with Crippen LogP contribution in [0.5, 0.6) is 0 Å². The van der Waals surface area contributed by atoms with Crippen LogP contribution in [0.15, 0.2) is 78.0 Å². The first kappa shape index (κ1) is 24.4. The molecule has 1 atom stereocenters. The lowest BCUT2D eigenvalue weighted by molar-refractivity contribution is -0.132. The summed E-state index contributed by atoms with van der Waals surface area (Å²) in [4.78, 5) is 45.7. The molecule has 9 nitrogen and oxygen atoms in total. The van der Waals surface area contributed by atoms with Gasteiger partial charge in [0.2, 0.25) is 5.95 Å². The summed E-state index contributed by atoms with van der Waals surface area (Å²) in [6.07, 6.45) is 4.81. The standard InChI is InChI=1S/C28H31N7O2/c1-2-12-28(23-10-4-3-5-11-23)25(37)35(26(29)32-28)20-21-8-6-9-22(19-21)24(36)33-15-17-34(18-16-33)27-30-13-7-14-31-27/h3-11,13-14,19H,2,12,15-18,20H2,1H3,(H2,29,32). The molecule has 2 amide bonds. The second-order valence-electron chi connectivity index (χ2n) is 9.37.